The molecule has 1 fully saturated rings. The van der Waals surface area contributed by atoms with Crippen molar-refractivity contribution in [3.05, 3.63) is 66.0 Å². The summed E-state index contributed by atoms with van der Waals surface area (Å²) >= 11 is 0. The van der Waals surface area contributed by atoms with Gasteiger partial charge in [-0.15, -0.1) is 0 Å². The predicted octanol–water partition coefficient (Wildman–Crippen LogP) is 2.92. The fourth-order valence-electron chi connectivity index (χ4n) is 3.33. The van der Waals surface area contributed by atoms with Crippen LogP contribution in [0.4, 0.5) is 0 Å². The summed E-state index contributed by atoms with van der Waals surface area (Å²) in [5.74, 6) is 0.251. The van der Waals surface area contributed by atoms with Crippen molar-refractivity contribution in [3.8, 4) is 0 Å². The highest BCUT2D eigenvalue weighted by molar-refractivity contribution is 5.83. The Morgan fingerprint density at radius 3 is 2.46 bits per heavy atom. The van der Waals surface area contributed by atoms with E-state index in [4.69, 9.17) is 0 Å². The van der Waals surface area contributed by atoms with Gasteiger partial charge in [0.25, 0.3) is 0 Å². The number of aromatic nitrogens is 1. The molecule has 1 amide bonds. The average Bonchev–Trinajstić information content (AvgIpc) is 2.65. The van der Waals surface area contributed by atoms with Crippen LogP contribution in [0, 0.1) is 0 Å². The van der Waals surface area contributed by atoms with E-state index in [0.717, 1.165) is 44.7 Å². The maximum absolute atomic E-state index is 12.9. The van der Waals surface area contributed by atoms with E-state index in [1.54, 1.807) is 6.20 Å². The summed E-state index contributed by atoms with van der Waals surface area (Å²) in [6, 6.07) is 14.2. The first-order chi connectivity index (χ1) is 11.8. The molecule has 0 N–H and O–H groups in total. The molecule has 0 unspecified atom stereocenters. The van der Waals surface area contributed by atoms with Crippen LogP contribution in [0.25, 0.3) is 0 Å². The molecule has 1 aromatic heterocycles. The minimum atomic E-state index is -0.0175. The third kappa shape index (κ3) is 4.01. The molecule has 0 spiro atoms. The van der Waals surface area contributed by atoms with Crippen LogP contribution in [0.2, 0.25) is 0 Å². The molecule has 1 saturated heterocycles. The lowest BCUT2D eigenvalue weighted by Gasteiger charge is -2.36. The molecule has 1 aliphatic rings. The van der Waals surface area contributed by atoms with E-state index in [1.807, 2.05) is 35.4 Å². The van der Waals surface area contributed by atoms with Gasteiger partial charge in [0.05, 0.1) is 5.92 Å². The van der Waals surface area contributed by atoms with Crippen LogP contribution in [-0.2, 0) is 11.3 Å². The van der Waals surface area contributed by atoms with Crippen LogP contribution in [0.5, 0.6) is 0 Å². The van der Waals surface area contributed by atoms with Crippen molar-refractivity contribution in [1.29, 1.82) is 0 Å². The van der Waals surface area contributed by atoms with Gasteiger partial charge in [-0.2, -0.15) is 0 Å². The van der Waals surface area contributed by atoms with Crippen molar-refractivity contribution in [2.24, 2.45) is 0 Å². The lowest BCUT2D eigenvalue weighted by Crippen LogP contribution is -2.49. The summed E-state index contributed by atoms with van der Waals surface area (Å²) in [5, 5.41) is 0. The lowest BCUT2D eigenvalue weighted by atomic mass is 9.95. The van der Waals surface area contributed by atoms with Crippen molar-refractivity contribution in [2.45, 2.75) is 25.8 Å². The molecule has 2 aromatic rings. The van der Waals surface area contributed by atoms with Gasteiger partial charge >= 0.3 is 0 Å². The van der Waals surface area contributed by atoms with E-state index in [-0.39, 0.29) is 11.8 Å². The van der Waals surface area contributed by atoms with E-state index in [1.165, 1.54) is 5.56 Å². The molecule has 0 radical (unpaired) electrons. The van der Waals surface area contributed by atoms with E-state index in [0.29, 0.717) is 0 Å². The van der Waals surface area contributed by atoms with Gasteiger partial charge in [0.1, 0.15) is 0 Å². The minimum absolute atomic E-state index is 0.0175. The Bertz CT molecular complexity index is 636. The number of carbonyl (C=O) groups is 1. The fraction of sp³-hybridized carbons (Fsp3) is 0.400. The van der Waals surface area contributed by atoms with Crippen LogP contribution in [0.1, 0.15) is 30.4 Å². The van der Waals surface area contributed by atoms with Crippen molar-refractivity contribution >= 4 is 5.91 Å². The van der Waals surface area contributed by atoms with Gasteiger partial charge in [-0.05, 0) is 23.6 Å². The van der Waals surface area contributed by atoms with Crippen molar-refractivity contribution in [2.75, 3.05) is 26.2 Å². The number of benzene rings is 1. The van der Waals surface area contributed by atoms with E-state index in [9.17, 15) is 4.79 Å². The number of nitrogens with zero attached hydrogens (tertiary/aromatic N) is 3. The molecule has 0 aliphatic carbocycles. The van der Waals surface area contributed by atoms with Crippen LogP contribution in [0.15, 0.2) is 54.9 Å². The maximum Gasteiger partial charge on any atom is 0.230 e. The summed E-state index contributed by atoms with van der Waals surface area (Å²) in [6.45, 7) is 6.46. The molecule has 126 valence electrons. The zero-order valence-corrected chi connectivity index (χ0v) is 14.3. The monoisotopic (exact) mass is 323 g/mol. The van der Waals surface area contributed by atoms with E-state index in [2.05, 4.69) is 35.0 Å². The number of hydrogen-bond acceptors (Lipinski definition) is 3. The van der Waals surface area contributed by atoms with Crippen molar-refractivity contribution in [1.82, 2.24) is 14.8 Å². The molecule has 1 aromatic carbocycles. The summed E-state index contributed by atoms with van der Waals surface area (Å²) in [5.41, 5.74) is 2.36. The smallest absolute Gasteiger partial charge is 0.230 e. The number of amides is 1. The molecule has 3 rings (SSSR count). The zero-order valence-electron chi connectivity index (χ0n) is 14.3. The van der Waals surface area contributed by atoms with Gasteiger partial charge in [-0.3, -0.25) is 14.7 Å². The molecule has 0 bridgehead atoms. The Morgan fingerprint density at radius 1 is 1.08 bits per heavy atom. The minimum Gasteiger partial charge on any atom is -0.340 e. The number of carbonyl (C=O) groups excluding carboxylic acids is 1. The molecule has 1 aliphatic heterocycles. The largest absolute Gasteiger partial charge is 0.340 e. The zero-order chi connectivity index (χ0) is 16.8. The second-order valence-electron chi connectivity index (χ2n) is 6.33. The summed E-state index contributed by atoms with van der Waals surface area (Å²) in [7, 11) is 0. The highest BCUT2D eigenvalue weighted by atomic mass is 16.2. The van der Waals surface area contributed by atoms with Gasteiger partial charge in [-0.25, -0.2) is 0 Å². The van der Waals surface area contributed by atoms with Gasteiger partial charge in [0.15, 0.2) is 0 Å². The quantitative estimate of drug-likeness (QED) is 0.849. The first-order valence-electron chi connectivity index (χ1n) is 8.73. The normalized spacial score (nSPS) is 16.8. The Kier molecular flexibility index (Phi) is 5.59. The van der Waals surface area contributed by atoms with E-state index < -0.39 is 0 Å². The highest BCUT2D eigenvalue weighted by Crippen LogP contribution is 2.22. The van der Waals surface area contributed by atoms with Gasteiger partial charge in [-0.1, -0.05) is 43.3 Å². The van der Waals surface area contributed by atoms with Gasteiger partial charge in [0, 0.05) is 45.1 Å². The molecule has 0 saturated carbocycles. The number of piperazine rings is 1. The van der Waals surface area contributed by atoms with Crippen molar-refractivity contribution < 1.29 is 4.79 Å². The summed E-state index contributed by atoms with van der Waals surface area (Å²) < 4.78 is 0. The van der Waals surface area contributed by atoms with Crippen LogP contribution < -0.4 is 0 Å². The van der Waals surface area contributed by atoms with Crippen LogP contribution in [-0.4, -0.2) is 46.9 Å². The molecule has 4 heteroatoms. The maximum atomic E-state index is 12.9. The molecule has 2 heterocycles. The number of rotatable bonds is 5. The van der Waals surface area contributed by atoms with Crippen molar-refractivity contribution in [3.63, 3.8) is 0 Å². The lowest BCUT2D eigenvalue weighted by molar-refractivity contribution is -0.134. The number of pyridine rings is 1. The van der Waals surface area contributed by atoms with Gasteiger partial charge in [0.2, 0.25) is 5.91 Å². The molecular weight excluding hydrogens is 298 g/mol. The van der Waals surface area contributed by atoms with Crippen LogP contribution in [0.3, 0.4) is 0 Å². The SMILES string of the molecule is CC[C@@H](C(=O)N1CCN(Cc2cccnc2)CC1)c1ccccc1. The molecular formula is C20H25N3O. The van der Waals surface area contributed by atoms with E-state index >= 15 is 0 Å². The second kappa shape index (κ2) is 8.06. The Labute approximate surface area is 144 Å². The molecule has 1 atom stereocenters. The Balaban J connectivity index is 1.56. The molecule has 24 heavy (non-hydrogen) atoms. The Hall–Kier alpha value is -2.20. The molecule has 4 nitrogen and oxygen atoms in total. The highest BCUT2D eigenvalue weighted by Gasteiger charge is 2.27. The first kappa shape index (κ1) is 16.7. The third-order valence-corrected chi connectivity index (χ3v) is 4.72. The standard InChI is InChI=1S/C20H25N3O/c1-2-19(18-8-4-3-5-9-18)20(24)23-13-11-22(12-14-23)16-17-7-6-10-21-15-17/h3-10,15,19H,2,11-14,16H2,1H3/t19-/m1/s1. The Morgan fingerprint density at radius 2 is 1.83 bits per heavy atom. The number of hydrogen-bond donors (Lipinski definition) is 0. The first-order valence-corrected chi connectivity index (χ1v) is 8.73. The average molecular weight is 323 g/mol. The third-order valence-electron chi connectivity index (χ3n) is 4.72. The summed E-state index contributed by atoms with van der Waals surface area (Å²) in [4.78, 5) is 21.5. The predicted molar refractivity (Wildman–Crippen MR) is 95.6 cm³/mol. The topological polar surface area (TPSA) is 36.4 Å². The van der Waals surface area contributed by atoms with Crippen LogP contribution >= 0.6 is 0 Å². The second-order valence-corrected chi connectivity index (χ2v) is 6.33. The summed E-state index contributed by atoms with van der Waals surface area (Å²) in [6.07, 6.45) is 4.56. The fourth-order valence-corrected chi connectivity index (χ4v) is 3.33. The van der Waals surface area contributed by atoms with Gasteiger partial charge < -0.3 is 4.90 Å².